The van der Waals surface area contributed by atoms with Crippen molar-refractivity contribution in [3.05, 3.63) is 23.9 Å². The van der Waals surface area contributed by atoms with Gasteiger partial charge in [0.15, 0.2) is 1.41 Å². The lowest BCUT2D eigenvalue weighted by molar-refractivity contribution is -0.167. The molecule has 0 unspecified atom stereocenters. The highest BCUT2D eigenvalue weighted by Gasteiger charge is 2.39. The van der Waals surface area contributed by atoms with E-state index in [1.165, 1.54) is 32.2 Å². The molecule has 1 aromatic carbocycles. The summed E-state index contributed by atoms with van der Waals surface area (Å²) in [5, 5.41) is 16.7. The van der Waals surface area contributed by atoms with Crippen LogP contribution in [-0.2, 0) is 10.4 Å². The molecule has 0 saturated heterocycles. The molecule has 0 aliphatic carbocycles. The number of alkyl halides is 3. The van der Waals surface area contributed by atoms with E-state index in [1.54, 1.807) is 5.32 Å². The van der Waals surface area contributed by atoms with Crippen molar-refractivity contribution in [1.82, 2.24) is 10.2 Å². The van der Waals surface area contributed by atoms with Gasteiger partial charge in [-0.05, 0) is 26.0 Å². The summed E-state index contributed by atoms with van der Waals surface area (Å²) in [6.07, 6.45) is -3.77. The summed E-state index contributed by atoms with van der Waals surface area (Å²) >= 11 is 0. The Morgan fingerprint density at radius 3 is 2.65 bits per heavy atom. The van der Waals surface area contributed by atoms with Crippen LogP contribution in [0, 0.1) is 0 Å². The number of aromatic nitrogens is 2. The maximum Gasteiger partial charge on any atom is 0.471 e. The molecule has 0 aliphatic heterocycles. The lowest BCUT2D eigenvalue weighted by Gasteiger charge is -2.22. The van der Waals surface area contributed by atoms with Gasteiger partial charge < -0.3 is 10.4 Å². The third kappa shape index (κ3) is 2.74. The number of hydrogen-bond acceptors (Lipinski definition) is 3. The van der Waals surface area contributed by atoms with Crippen LogP contribution in [-0.4, -0.2) is 27.4 Å². The number of carbonyl (C=O) groups is 1. The average molecular weight is 288 g/mol. The Bertz CT molecular complexity index is 704. The number of aromatic amines is 1. The number of anilines is 1. The molecule has 0 fully saturated rings. The third-order valence-corrected chi connectivity index (χ3v) is 2.69. The maximum absolute atomic E-state index is 12.4. The standard InChI is InChI=1S/C12H12F3N3O2/c1-11(2,20)7-4-8-6(5-16-18-8)3-9(7)17-10(19)12(13,14)15/h3-5,20H,1-2H3,(H,16,18)(H,17,19)/i/hD. The molecule has 0 saturated carbocycles. The van der Waals surface area contributed by atoms with Crippen molar-refractivity contribution in [2.75, 3.05) is 5.32 Å². The van der Waals surface area contributed by atoms with Crippen molar-refractivity contribution in [3.63, 3.8) is 0 Å². The van der Waals surface area contributed by atoms with Gasteiger partial charge in [-0.25, -0.2) is 0 Å². The van der Waals surface area contributed by atoms with Crippen LogP contribution in [0.4, 0.5) is 18.9 Å². The molecule has 108 valence electrons. The number of halogens is 3. The average Bonchev–Trinajstić information content (AvgIpc) is 2.64. The molecule has 8 heteroatoms. The van der Waals surface area contributed by atoms with Gasteiger partial charge in [0.25, 0.3) is 0 Å². The van der Waals surface area contributed by atoms with Gasteiger partial charge in [-0.15, -0.1) is 0 Å². The molecule has 1 heterocycles. The van der Waals surface area contributed by atoms with E-state index < -0.39 is 17.7 Å². The van der Waals surface area contributed by atoms with E-state index >= 15 is 0 Å². The Balaban J connectivity index is 2.56. The number of fused-ring (bicyclic) bond motifs is 1. The lowest BCUT2D eigenvalue weighted by Crippen LogP contribution is -2.31. The molecule has 1 aromatic heterocycles. The third-order valence-electron chi connectivity index (χ3n) is 2.69. The van der Waals surface area contributed by atoms with Crippen LogP contribution in [0.15, 0.2) is 18.3 Å². The summed E-state index contributed by atoms with van der Waals surface area (Å²) in [6.45, 7) is 2.74. The molecule has 0 atom stereocenters. The van der Waals surface area contributed by atoms with Crippen LogP contribution < -0.4 is 5.32 Å². The van der Waals surface area contributed by atoms with Gasteiger partial charge in [-0.2, -0.15) is 18.3 Å². The van der Waals surface area contributed by atoms with Crippen molar-refractivity contribution < 1.29 is 24.5 Å². The van der Waals surface area contributed by atoms with E-state index in [4.69, 9.17) is 1.41 Å². The number of aliphatic hydroxyl groups is 1. The second-order valence-electron chi connectivity index (χ2n) is 4.81. The molecular formula is C12H12F3N3O2. The van der Waals surface area contributed by atoms with Gasteiger partial charge in [0.05, 0.1) is 11.1 Å². The van der Waals surface area contributed by atoms with Crippen LogP contribution in [0.1, 0.15) is 19.4 Å². The molecule has 0 spiro atoms. The van der Waals surface area contributed by atoms with Gasteiger partial charge in [0, 0.05) is 22.8 Å². The Labute approximate surface area is 113 Å². The summed E-state index contributed by atoms with van der Waals surface area (Å²) in [7, 11) is 0. The summed E-state index contributed by atoms with van der Waals surface area (Å²) in [6, 6.07) is 2.58. The smallest absolute Gasteiger partial charge is 0.386 e. The quantitative estimate of drug-likeness (QED) is 0.793. The fourth-order valence-corrected chi connectivity index (χ4v) is 1.75. The van der Waals surface area contributed by atoms with Crippen molar-refractivity contribution in [2.24, 2.45) is 0 Å². The lowest BCUT2D eigenvalue weighted by atomic mass is 9.95. The van der Waals surface area contributed by atoms with Gasteiger partial charge in [0.2, 0.25) is 0 Å². The summed E-state index contributed by atoms with van der Waals surface area (Å²) in [5.41, 5.74) is -1.27. The van der Waals surface area contributed by atoms with Crippen LogP contribution >= 0.6 is 0 Å². The normalized spacial score (nSPS) is 13.4. The summed E-state index contributed by atoms with van der Waals surface area (Å²) in [4.78, 5) is 11.1. The van der Waals surface area contributed by atoms with E-state index in [2.05, 4.69) is 5.10 Å². The summed E-state index contributed by atoms with van der Waals surface area (Å²) < 4.78 is 44.4. The zero-order valence-electron chi connectivity index (χ0n) is 11.6. The topological polar surface area (TPSA) is 78.0 Å². The fourth-order valence-electron chi connectivity index (χ4n) is 1.75. The molecule has 20 heavy (non-hydrogen) atoms. The number of H-pyrrole nitrogens is 1. The molecule has 5 nitrogen and oxygen atoms in total. The van der Waals surface area contributed by atoms with Crippen LogP contribution in [0.2, 0.25) is 1.41 Å². The zero-order chi connectivity index (χ0) is 16.0. The predicted molar refractivity (Wildman–Crippen MR) is 66.0 cm³/mol. The highest BCUT2D eigenvalue weighted by Crippen LogP contribution is 2.32. The second kappa shape index (κ2) is 4.48. The van der Waals surface area contributed by atoms with E-state index in [0.29, 0.717) is 10.9 Å². The number of nitrogens with one attached hydrogen (secondary N) is 2. The van der Waals surface area contributed by atoms with Crippen LogP contribution in [0.3, 0.4) is 0 Å². The molecule has 1 amide bonds. The number of carbonyl (C=O) groups excluding carboxylic acids is 1. The first-order valence-corrected chi connectivity index (χ1v) is 5.62. The van der Waals surface area contributed by atoms with E-state index in [1.807, 2.05) is 0 Å². The number of amides is 1. The van der Waals surface area contributed by atoms with E-state index in [0.717, 1.165) is 5.09 Å². The largest absolute Gasteiger partial charge is 0.471 e. The van der Waals surface area contributed by atoms with Gasteiger partial charge in [-0.3, -0.25) is 9.89 Å². The van der Waals surface area contributed by atoms with Crippen molar-refractivity contribution in [3.8, 4) is 0 Å². The van der Waals surface area contributed by atoms with Crippen molar-refractivity contribution in [1.29, 1.82) is 0 Å². The first-order chi connectivity index (χ1) is 9.48. The predicted octanol–water partition coefficient (Wildman–Crippen LogP) is 2.29. The molecule has 2 aromatic rings. The Hall–Kier alpha value is -2.09. The Morgan fingerprint density at radius 2 is 2.10 bits per heavy atom. The monoisotopic (exact) mass is 288 g/mol. The van der Waals surface area contributed by atoms with Gasteiger partial charge >= 0.3 is 12.1 Å². The number of nitrogens with zero attached hydrogens (tertiary/aromatic N) is 1. The number of benzene rings is 1. The highest BCUT2D eigenvalue weighted by molar-refractivity contribution is 5.98. The summed E-state index contributed by atoms with van der Waals surface area (Å²) in [5.74, 6) is -2.13. The minimum Gasteiger partial charge on any atom is -0.386 e. The molecule has 0 bridgehead atoms. The minimum absolute atomic E-state index is 0.0753. The first-order valence-electron chi connectivity index (χ1n) is 6.07. The van der Waals surface area contributed by atoms with Crippen molar-refractivity contribution in [2.45, 2.75) is 25.6 Å². The van der Waals surface area contributed by atoms with Gasteiger partial charge in [0.1, 0.15) is 0 Å². The molecule has 0 radical (unpaired) electrons. The molecule has 0 aliphatic rings. The van der Waals surface area contributed by atoms with E-state index in [9.17, 15) is 23.1 Å². The van der Waals surface area contributed by atoms with Crippen LogP contribution in [0.25, 0.3) is 10.9 Å². The van der Waals surface area contributed by atoms with Crippen LogP contribution in [0.5, 0.6) is 0 Å². The molecule has 3 N–H and O–H groups in total. The Morgan fingerprint density at radius 1 is 1.45 bits per heavy atom. The Kier molecular flexibility index (Phi) is 2.89. The second-order valence-corrected chi connectivity index (χ2v) is 4.81. The molecule has 2 rings (SSSR count). The molecular weight excluding hydrogens is 275 g/mol. The maximum atomic E-state index is 12.4. The minimum atomic E-state index is -5.04. The SMILES string of the molecule is [2H]n1cc2cc(NC(=O)C(F)(F)F)c(C(C)(C)O)cc2n1. The van der Waals surface area contributed by atoms with Gasteiger partial charge in [-0.1, -0.05) is 0 Å². The highest BCUT2D eigenvalue weighted by atomic mass is 19.4. The fraction of sp³-hybridized carbons (Fsp3) is 0.333. The number of hydrogen-bond donors (Lipinski definition) is 3. The van der Waals surface area contributed by atoms with Crippen molar-refractivity contribution >= 4 is 22.5 Å². The first kappa shape index (κ1) is 12.9. The van der Waals surface area contributed by atoms with E-state index in [-0.39, 0.29) is 11.3 Å². The number of rotatable bonds is 2. The zero-order valence-corrected chi connectivity index (χ0v) is 10.6.